The second kappa shape index (κ2) is 8.70. The van der Waals surface area contributed by atoms with Crippen molar-refractivity contribution in [3.8, 4) is 0 Å². The molecule has 2 heterocycles. The van der Waals surface area contributed by atoms with E-state index in [4.69, 9.17) is 4.74 Å². The van der Waals surface area contributed by atoms with Crippen LogP contribution in [0.15, 0.2) is 52.5 Å². The summed E-state index contributed by atoms with van der Waals surface area (Å²) in [6.45, 7) is 4.04. The van der Waals surface area contributed by atoms with Gasteiger partial charge in [-0.05, 0) is 36.2 Å². The highest BCUT2D eigenvalue weighted by Crippen LogP contribution is 2.19. The molecule has 0 spiro atoms. The standard InChI is InChI=1S/C17H24N4O5S2/c1-15(14-20-8-2-7-18-20)13-19-27(22,23)16-3-5-17(6-4-16)28(24,25)21-9-11-26-12-10-21/h2-8,15,19H,9-14H2,1H3. The van der Waals surface area contributed by atoms with Gasteiger partial charge in [0.15, 0.2) is 0 Å². The number of aromatic nitrogens is 2. The summed E-state index contributed by atoms with van der Waals surface area (Å²) in [6.07, 6.45) is 3.49. The number of rotatable bonds is 8. The third-order valence-electron chi connectivity index (χ3n) is 4.42. The molecule has 1 N–H and O–H groups in total. The van der Waals surface area contributed by atoms with Crippen molar-refractivity contribution in [1.82, 2.24) is 18.8 Å². The minimum Gasteiger partial charge on any atom is -0.379 e. The Kier molecular flexibility index (Phi) is 6.50. The van der Waals surface area contributed by atoms with Gasteiger partial charge in [0.1, 0.15) is 0 Å². The van der Waals surface area contributed by atoms with Crippen molar-refractivity contribution in [2.75, 3.05) is 32.8 Å². The maximum absolute atomic E-state index is 12.6. The second-order valence-corrected chi connectivity index (χ2v) is 10.4. The molecule has 28 heavy (non-hydrogen) atoms. The van der Waals surface area contributed by atoms with E-state index < -0.39 is 20.0 Å². The maximum atomic E-state index is 12.6. The summed E-state index contributed by atoms with van der Waals surface area (Å²) < 4.78 is 61.0. The van der Waals surface area contributed by atoms with Crippen LogP contribution in [0.3, 0.4) is 0 Å². The molecule has 3 rings (SSSR count). The molecule has 1 aliphatic heterocycles. The Balaban J connectivity index is 1.64. The largest absolute Gasteiger partial charge is 0.379 e. The van der Waals surface area contributed by atoms with E-state index in [9.17, 15) is 16.8 Å². The van der Waals surface area contributed by atoms with Gasteiger partial charge in [0, 0.05) is 38.6 Å². The summed E-state index contributed by atoms with van der Waals surface area (Å²) in [6, 6.07) is 7.09. The van der Waals surface area contributed by atoms with Crippen LogP contribution in [-0.2, 0) is 31.3 Å². The molecule has 0 aliphatic carbocycles. The van der Waals surface area contributed by atoms with Gasteiger partial charge < -0.3 is 4.74 Å². The first kappa shape index (κ1) is 20.9. The molecule has 154 valence electrons. The van der Waals surface area contributed by atoms with E-state index in [1.54, 1.807) is 10.9 Å². The van der Waals surface area contributed by atoms with Gasteiger partial charge in [0.05, 0.1) is 23.0 Å². The van der Waals surface area contributed by atoms with Gasteiger partial charge in [0.25, 0.3) is 0 Å². The molecule has 0 saturated carbocycles. The van der Waals surface area contributed by atoms with Crippen molar-refractivity contribution in [2.24, 2.45) is 5.92 Å². The van der Waals surface area contributed by atoms with Crippen LogP contribution in [0, 0.1) is 5.92 Å². The second-order valence-electron chi connectivity index (χ2n) is 6.67. The predicted octanol–water partition coefficient (Wildman–Crippen LogP) is 0.519. The molecule has 0 bridgehead atoms. The van der Waals surface area contributed by atoms with E-state index in [2.05, 4.69) is 9.82 Å². The lowest BCUT2D eigenvalue weighted by atomic mass is 10.2. The van der Waals surface area contributed by atoms with Crippen molar-refractivity contribution in [3.63, 3.8) is 0 Å². The van der Waals surface area contributed by atoms with E-state index in [0.717, 1.165) is 0 Å². The molecule has 1 unspecified atom stereocenters. The van der Waals surface area contributed by atoms with E-state index >= 15 is 0 Å². The summed E-state index contributed by atoms with van der Waals surface area (Å²) >= 11 is 0. The van der Waals surface area contributed by atoms with Gasteiger partial charge in [-0.25, -0.2) is 21.6 Å². The number of ether oxygens (including phenoxy) is 1. The number of nitrogens with one attached hydrogen (secondary N) is 1. The molecular weight excluding hydrogens is 404 g/mol. The first-order chi connectivity index (χ1) is 13.3. The van der Waals surface area contributed by atoms with Crippen LogP contribution in [-0.4, -0.2) is 63.8 Å². The molecule has 0 radical (unpaired) electrons. The fourth-order valence-corrected chi connectivity index (χ4v) is 5.43. The van der Waals surface area contributed by atoms with Crippen LogP contribution >= 0.6 is 0 Å². The zero-order valence-corrected chi connectivity index (χ0v) is 17.2. The van der Waals surface area contributed by atoms with E-state index in [1.807, 2.05) is 19.2 Å². The fourth-order valence-electron chi connectivity index (χ4n) is 2.85. The normalized spacial score (nSPS) is 17.5. The number of benzene rings is 1. The van der Waals surface area contributed by atoms with Gasteiger partial charge in [-0.15, -0.1) is 0 Å². The quantitative estimate of drug-likeness (QED) is 0.656. The van der Waals surface area contributed by atoms with E-state index in [1.165, 1.54) is 28.6 Å². The smallest absolute Gasteiger partial charge is 0.243 e. The molecule has 9 nitrogen and oxygen atoms in total. The zero-order valence-electron chi connectivity index (χ0n) is 15.6. The molecule has 2 aromatic rings. The van der Waals surface area contributed by atoms with E-state index in [-0.39, 0.29) is 35.3 Å². The Labute approximate surface area is 165 Å². The highest BCUT2D eigenvalue weighted by molar-refractivity contribution is 7.89. The molecule has 0 amide bonds. The fraction of sp³-hybridized carbons (Fsp3) is 0.471. The number of hydrogen-bond acceptors (Lipinski definition) is 6. The van der Waals surface area contributed by atoms with Crippen LogP contribution in [0.4, 0.5) is 0 Å². The van der Waals surface area contributed by atoms with Crippen molar-refractivity contribution >= 4 is 20.0 Å². The summed E-state index contributed by atoms with van der Waals surface area (Å²) in [4.78, 5) is 0.0973. The molecule has 1 aliphatic rings. The third kappa shape index (κ3) is 4.97. The minimum atomic E-state index is -3.73. The number of morpholine rings is 1. The average Bonchev–Trinajstić information content (AvgIpc) is 3.20. The lowest BCUT2D eigenvalue weighted by Crippen LogP contribution is -2.40. The Bertz CT molecular complexity index is 967. The number of hydrogen-bond donors (Lipinski definition) is 1. The minimum absolute atomic E-state index is 0.0275. The monoisotopic (exact) mass is 428 g/mol. The van der Waals surface area contributed by atoms with Gasteiger partial charge in [-0.2, -0.15) is 9.40 Å². The van der Waals surface area contributed by atoms with Gasteiger partial charge in [-0.3, -0.25) is 4.68 Å². The molecule has 1 atom stereocenters. The summed E-state index contributed by atoms with van der Waals surface area (Å²) in [7, 11) is -7.38. The number of sulfonamides is 2. The number of nitrogens with zero attached hydrogens (tertiary/aromatic N) is 3. The molecular formula is C17H24N4O5S2. The van der Waals surface area contributed by atoms with Crippen molar-refractivity contribution < 1.29 is 21.6 Å². The van der Waals surface area contributed by atoms with E-state index in [0.29, 0.717) is 19.8 Å². The molecule has 1 aromatic heterocycles. The lowest BCUT2D eigenvalue weighted by molar-refractivity contribution is 0.0730. The molecule has 1 fully saturated rings. The van der Waals surface area contributed by atoms with Crippen LogP contribution in [0.1, 0.15) is 6.92 Å². The Morgan fingerprint density at radius 2 is 1.75 bits per heavy atom. The first-order valence-electron chi connectivity index (χ1n) is 8.94. The van der Waals surface area contributed by atoms with Crippen molar-refractivity contribution in [1.29, 1.82) is 0 Å². The average molecular weight is 429 g/mol. The molecule has 1 saturated heterocycles. The third-order valence-corrected chi connectivity index (χ3v) is 7.77. The highest BCUT2D eigenvalue weighted by atomic mass is 32.2. The van der Waals surface area contributed by atoms with Crippen LogP contribution in [0.25, 0.3) is 0 Å². The highest BCUT2D eigenvalue weighted by Gasteiger charge is 2.26. The van der Waals surface area contributed by atoms with Gasteiger partial charge >= 0.3 is 0 Å². The zero-order chi connectivity index (χ0) is 20.2. The summed E-state index contributed by atoms with van der Waals surface area (Å²) in [5.74, 6) is 0.0376. The summed E-state index contributed by atoms with van der Waals surface area (Å²) in [5.41, 5.74) is 0. The van der Waals surface area contributed by atoms with Crippen LogP contribution < -0.4 is 4.72 Å². The maximum Gasteiger partial charge on any atom is 0.243 e. The predicted molar refractivity (Wildman–Crippen MR) is 103 cm³/mol. The van der Waals surface area contributed by atoms with Gasteiger partial charge in [0.2, 0.25) is 20.0 Å². The Morgan fingerprint density at radius 1 is 1.11 bits per heavy atom. The van der Waals surface area contributed by atoms with Crippen LogP contribution in [0.2, 0.25) is 0 Å². The topological polar surface area (TPSA) is 111 Å². The Hall–Kier alpha value is -1.79. The molecule has 1 aromatic carbocycles. The Morgan fingerprint density at radius 3 is 2.36 bits per heavy atom. The van der Waals surface area contributed by atoms with Crippen molar-refractivity contribution in [3.05, 3.63) is 42.7 Å². The van der Waals surface area contributed by atoms with Crippen molar-refractivity contribution in [2.45, 2.75) is 23.3 Å². The van der Waals surface area contributed by atoms with Crippen LogP contribution in [0.5, 0.6) is 0 Å². The molecule has 11 heteroatoms. The SMILES string of the molecule is CC(CNS(=O)(=O)c1ccc(S(=O)(=O)N2CCOCC2)cc1)Cn1cccn1. The first-order valence-corrected chi connectivity index (χ1v) is 11.9. The summed E-state index contributed by atoms with van der Waals surface area (Å²) in [5, 5.41) is 4.10. The lowest BCUT2D eigenvalue weighted by Gasteiger charge is -2.26. The van der Waals surface area contributed by atoms with Gasteiger partial charge in [-0.1, -0.05) is 6.92 Å².